The number of aliphatic hydroxyl groups is 2. The number of aliphatic hydroxyl groups excluding tert-OH is 2. The van der Waals surface area contributed by atoms with E-state index in [1.807, 2.05) is 22.6 Å². The van der Waals surface area contributed by atoms with Gasteiger partial charge in [0.1, 0.15) is 4.75 Å². The second-order valence-electron chi connectivity index (χ2n) is 10.6. The van der Waals surface area contributed by atoms with Crippen LogP contribution in [0.2, 0.25) is 0 Å². The maximum Gasteiger partial charge on any atom is 0.435 e. The zero-order chi connectivity index (χ0) is 30.8. The normalized spacial score (nSPS) is 21.9. The van der Waals surface area contributed by atoms with E-state index in [9.17, 15) is 54.2 Å². The van der Waals surface area contributed by atoms with Gasteiger partial charge >= 0.3 is 18.0 Å². The van der Waals surface area contributed by atoms with Crippen LogP contribution in [0.1, 0.15) is 36.5 Å². The zero-order valence-corrected chi connectivity index (χ0v) is 24.3. The van der Waals surface area contributed by atoms with E-state index in [2.05, 4.69) is 0 Å². The Bertz CT molecular complexity index is 1430. The van der Waals surface area contributed by atoms with E-state index in [4.69, 9.17) is 0 Å². The molecule has 0 spiro atoms. The van der Waals surface area contributed by atoms with Crippen molar-refractivity contribution in [1.29, 1.82) is 0 Å². The number of alkyl halides is 7. The number of rotatable bonds is 6. The molecular weight excluding hydrogens is 698 g/mol. The molecule has 0 bridgehead atoms. The molecule has 2 N–H and O–H groups in total. The summed E-state index contributed by atoms with van der Waals surface area (Å²) in [5, 5.41) is 19.6. The molecule has 0 unspecified atom stereocenters. The van der Waals surface area contributed by atoms with Crippen molar-refractivity contribution in [1.82, 2.24) is 4.90 Å². The number of sulfone groups is 1. The van der Waals surface area contributed by atoms with Gasteiger partial charge in [-0.1, -0.05) is 18.2 Å². The number of aryl methyl sites for hydroxylation is 1. The molecule has 2 atom stereocenters. The Hall–Kier alpha value is -1.98. The summed E-state index contributed by atoms with van der Waals surface area (Å²) in [4.78, 5) is 14.5. The van der Waals surface area contributed by atoms with E-state index in [0.717, 1.165) is 6.07 Å². The van der Waals surface area contributed by atoms with Crippen molar-refractivity contribution in [2.24, 2.45) is 5.41 Å². The Morgan fingerprint density at radius 1 is 1.00 bits per heavy atom. The van der Waals surface area contributed by atoms with Gasteiger partial charge in [-0.15, -0.1) is 0 Å². The van der Waals surface area contributed by atoms with Gasteiger partial charge in [-0.05, 0) is 84.2 Å². The van der Waals surface area contributed by atoms with Crippen molar-refractivity contribution in [3.05, 3.63) is 62.7 Å². The van der Waals surface area contributed by atoms with Crippen molar-refractivity contribution in [3.8, 4) is 0 Å². The summed E-state index contributed by atoms with van der Waals surface area (Å²) in [6, 6.07) is 5.96. The average Bonchev–Trinajstić information content (AvgIpc) is 3.32. The summed E-state index contributed by atoms with van der Waals surface area (Å²) in [6.07, 6.45) is -13.4. The lowest BCUT2D eigenvalue weighted by Crippen LogP contribution is -2.56. The molecule has 1 saturated heterocycles. The van der Waals surface area contributed by atoms with Crippen LogP contribution < -0.4 is 0 Å². The molecule has 1 aliphatic heterocycles. The van der Waals surface area contributed by atoms with E-state index in [0.29, 0.717) is 15.7 Å². The number of hydrogen-bond acceptors (Lipinski definition) is 5. The first-order valence-electron chi connectivity index (χ1n) is 12.3. The maximum absolute atomic E-state index is 14.9. The molecule has 1 amide bonds. The highest BCUT2D eigenvalue weighted by atomic mass is 127. The van der Waals surface area contributed by atoms with Gasteiger partial charge in [0.2, 0.25) is 5.91 Å². The number of fused-ring (bicyclic) bond motifs is 3. The number of likely N-dealkylation sites (tertiary alicyclic amines) is 1. The molecule has 2 aromatic rings. The molecule has 0 saturated carbocycles. The van der Waals surface area contributed by atoms with Crippen LogP contribution in [-0.4, -0.2) is 67.6 Å². The summed E-state index contributed by atoms with van der Waals surface area (Å²) in [7, 11) is -4.48. The Morgan fingerprint density at radius 3 is 2.07 bits per heavy atom. The van der Waals surface area contributed by atoms with Crippen molar-refractivity contribution < 1.29 is 54.2 Å². The molecule has 0 aromatic heterocycles. The van der Waals surface area contributed by atoms with Crippen LogP contribution in [0.4, 0.5) is 30.7 Å². The van der Waals surface area contributed by atoms with E-state index < -0.39 is 68.7 Å². The number of benzene rings is 2. The first-order valence-corrected chi connectivity index (χ1v) is 14.9. The number of carbonyl (C=O) groups is 1. The van der Waals surface area contributed by atoms with Crippen molar-refractivity contribution >= 4 is 38.3 Å². The molecule has 2 aromatic carbocycles. The van der Waals surface area contributed by atoms with E-state index in [1.165, 1.54) is 36.1 Å². The van der Waals surface area contributed by atoms with Crippen molar-refractivity contribution in [3.63, 3.8) is 0 Å². The van der Waals surface area contributed by atoms with Crippen LogP contribution in [0.3, 0.4) is 0 Å². The number of nitrogens with zero attached hydrogens (tertiary/aromatic N) is 1. The molecule has 1 fully saturated rings. The lowest BCUT2D eigenvalue weighted by atomic mass is 9.76. The smallest absolute Gasteiger partial charge is 0.395 e. The lowest BCUT2D eigenvalue weighted by Gasteiger charge is -2.44. The number of carbonyl (C=O) groups excluding carboxylic acids is 1. The third kappa shape index (κ3) is 4.65. The van der Waals surface area contributed by atoms with Crippen LogP contribution >= 0.6 is 22.6 Å². The Kier molecular flexibility index (Phi) is 8.05. The monoisotopic (exact) mass is 723 g/mol. The molecule has 0 radical (unpaired) electrons. The molecule has 15 heteroatoms. The van der Waals surface area contributed by atoms with Gasteiger partial charge in [0, 0.05) is 15.7 Å². The van der Waals surface area contributed by atoms with Gasteiger partial charge in [-0.2, -0.15) is 26.3 Å². The second-order valence-corrected chi connectivity index (χ2v) is 14.0. The molecule has 2 aliphatic rings. The molecule has 1 heterocycles. The molecule has 226 valence electrons. The Balaban J connectivity index is 1.96. The number of hydrogen-bond donors (Lipinski definition) is 2. The summed E-state index contributed by atoms with van der Waals surface area (Å²) in [6.45, 7) is -0.450. The summed E-state index contributed by atoms with van der Waals surface area (Å²) >= 11 is 1.95. The molecule has 41 heavy (non-hydrogen) atoms. The van der Waals surface area contributed by atoms with Gasteiger partial charge in [0.15, 0.2) is 9.84 Å². The van der Waals surface area contributed by atoms with Crippen LogP contribution in [-0.2, 0) is 31.5 Å². The predicted molar refractivity (Wildman–Crippen MR) is 140 cm³/mol. The summed E-state index contributed by atoms with van der Waals surface area (Å²) in [5.74, 6) is -0.760. The minimum absolute atomic E-state index is 0.132. The largest absolute Gasteiger partial charge is 0.435 e. The fraction of sp³-hybridized carbons (Fsp3) is 0.500. The van der Waals surface area contributed by atoms with Gasteiger partial charge in [0.05, 0.1) is 29.6 Å². The number of amides is 1. The highest BCUT2D eigenvalue weighted by Crippen LogP contribution is 2.57. The first kappa shape index (κ1) is 31.9. The van der Waals surface area contributed by atoms with Crippen LogP contribution in [0, 0.1) is 8.99 Å². The highest BCUT2D eigenvalue weighted by Gasteiger charge is 2.74. The fourth-order valence-electron chi connectivity index (χ4n) is 5.83. The van der Waals surface area contributed by atoms with Gasteiger partial charge in [-0.3, -0.25) is 4.79 Å². The van der Waals surface area contributed by atoms with E-state index in [-0.39, 0.29) is 41.8 Å². The third-order valence-electron chi connectivity index (χ3n) is 8.14. The molecule has 1 aliphatic carbocycles. The van der Waals surface area contributed by atoms with E-state index >= 15 is 0 Å². The maximum atomic E-state index is 14.9. The van der Waals surface area contributed by atoms with Gasteiger partial charge in [-0.25, -0.2) is 12.8 Å². The van der Waals surface area contributed by atoms with Crippen molar-refractivity contribution in [2.45, 2.75) is 59.9 Å². The minimum atomic E-state index is -6.35. The molecular formula is C26H25F7INO5S. The molecule has 4 rings (SSSR count). The topological polar surface area (TPSA) is 94.9 Å². The second kappa shape index (κ2) is 10.3. The minimum Gasteiger partial charge on any atom is -0.395 e. The standard InChI is InChI=1S/C26H25F7INO5S/c1-22(13-36,14-37)21(38)35-11-10-23(41(39,40)18-6-4-17(34)5-7-18)19-8-3-16(12-15(19)2-9-20(23)35)24(27,25(28,29)30)26(31,32)33/h3-8,12,20,36-37H,2,9-11,13-14H2,1H3/t20-,23-/m1/s1. The SMILES string of the molecule is CC(CO)(CO)C(=O)N1CC[C@@]2(S(=O)(=O)c3ccc(I)cc3)c3ccc(C(F)(C(F)(F)F)C(F)(F)F)cc3CC[C@@H]12. The quantitative estimate of drug-likeness (QED) is 0.331. The Morgan fingerprint density at radius 2 is 1.56 bits per heavy atom. The summed E-state index contributed by atoms with van der Waals surface area (Å²) < 4.78 is 123. The average molecular weight is 723 g/mol. The van der Waals surface area contributed by atoms with E-state index in [1.54, 1.807) is 0 Å². The highest BCUT2D eigenvalue weighted by molar-refractivity contribution is 14.1. The fourth-order valence-corrected chi connectivity index (χ4v) is 8.56. The third-order valence-corrected chi connectivity index (χ3v) is 11.4. The predicted octanol–water partition coefficient (Wildman–Crippen LogP) is 4.79. The van der Waals surface area contributed by atoms with Gasteiger partial charge < -0.3 is 15.1 Å². The van der Waals surface area contributed by atoms with Gasteiger partial charge in [0.25, 0.3) is 0 Å². The first-order chi connectivity index (χ1) is 18.8. The zero-order valence-electron chi connectivity index (χ0n) is 21.4. The van der Waals surface area contributed by atoms with Crippen LogP contribution in [0.15, 0.2) is 47.4 Å². The Labute approximate surface area is 244 Å². The number of halogens is 8. The molecule has 6 nitrogen and oxygen atoms in total. The van der Waals surface area contributed by atoms with Crippen LogP contribution in [0.5, 0.6) is 0 Å². The summed E-state index contributed by atoms with van der Waals surface area (Å²) in [5.41, 5.74) is -9.45. The van der Waals surface area contributed by atoms with Crippen LogP contribution in [0.25, 0.3) is 0 Å². The lowest BCUT2D eigenvalue weighted by molar-refractivity contribution is -0.348. The van der Waals surface area contributed by atoms with Crippen molar-refractivity contribution in [2.75, 3.05) is 19.8 Å².